The van der Waals surface area contributed by atoms with E-state index in [0.717, 1.165) is 32.8 Å². The van der Waals surface area contributed by atoms with Gasteiger partial charge in [-0.05, 0) is 19.9 Å². The van der Waals surface area contributed by atoms with Crippen LogP contribution < -0.4 is 5.73 Å². The number of carbonyl (C=O) groups excluding carboxylic acids is 1. The van der Waals surface area contributed by atoms with Gasteiger partial charge < -0.3 is 5.73 Å². The summed E-state index contributed by atoms with van der Waals surface area (Å²) in [5, 5.41) is 5.62. The highest BCUT2D eigenvalue weighted by atomic mass is 32.1. The average molecular weight is 318 g/mol. The van der Waals surface area contributed by atoms with Gasteiger partial charge in [-0.25, -0.2) is 9.97 Å². The lowest BCUT2D eigenvalue weighted by molar-refractivity contribution is -0.117. The monoisotopic (exact) mass is 318 g/mol. The van der Waals surface area contributed by atoms with E-state index >= 15 is 0 Å². The van der Waals surface area contributed by atoms with Crippen molar-refractivity contribution in [2.24, 2.45) is 5.73 Å². The summed E-state index contributed by atoms with van der Waals surface area (Å²) >= 11 is 3.06. The van der Waals surface area contributed by atoms with Crippen LogP contribution in [-0.4, -0.2) is 20.4 Å². The molecule has 3 rings (SSSR count). The Labute approximate surface area is 130 Å². The first-order valence-corrected chi connectivity index (χ1v) is 8.14. The van der Waals surface area contributed by atoms with E-state index in [1.165, 1.54) is 11.3 Å². The summed E-state index contributed by atoms with van der Waals surface area (Å²) in [6.45, 7) is 4.10. The first-order valence-electron chi connectivity index (χ1n) is 6.38. The van der Waals surface area contributed by atoms with Gasteiger partial charge in [-0.3, -0.25) is 9.36 Å². The van der Waals surface area contributed by atoms with E-state index in [9.17, 15) is 4.79 Å². The van der Waals surface area contributed by atoms with E-state index in [2.05, 4.69) is 34.4 Å². The Morgan fingerprint density at radius 2 is 2.19 bits per heavy atom. The van der Waals surface area contributed by atoms with Gasteiger partial charge in [-0.2, -0.15) is 0 Å². The van der Waals surface area contributed by atoms with Gasteiger partial charge >= 0.3 is 0 Å². The van der Waals surface area contributed by atoms with Gasteiger partial charge in [-0.15, -0.1) is 22.7 Å². The highest BCUT2D eigenvalue weighted by molar-refractivity contribution is 7.12. The third kappa shape index (κ3) is 2.62. The Bertz CT molecular complexity index is 786. The van der Waals surface area contributed by atoms with Gasteiger partial charge in [0.05, 0.1) is 12.1 Å². The first kappa shape index (κ1) is 14.0. The Morgan fingerprint density at radius 3 is 2.86 bits per heavy atom. The Kier molecular flexibility index (Phi) is 3.60. The largest absolute Gasteiger partial charge is 0.369 e. The second-order valence-corrected chi connectivity index (χ2v) is 6.52. The van der Waals surface area contributed by atoms with E-state index in [4.69, 9.17) is 5.73 Å². The minimum Gasteiger partial charge on any atom is -0.369 e. The number of nitrogens with two attached hydrogens (primary N) is 1. The van der Waals surface area contributed by atoms with Crippen molar-refractivity contribution in [3.8, 4) is 16.4 Å². The van der Waals surface area contributed by atoms with E-state index in [-0.39, 0.29) is 12.3 Å². The normalized spacial score (nSPS) is 11.0. The summed E-state index contributed by atoms with van der Waals surface area (Å²) in [5.41, 5.74) is 9.37. The fourth-order valence-electron chi connectivity index (χ4n) is 2.31. The van der Waals surface area contributed by atoms with Crippen LogP contribution in [0.4, 0.5) is 0 Å². The zero-order valence-corrected chi connectivity index (χ0v) is 13.3. The number of aryl methyl sites for hydroxylation is 1. The minimum absolute atomic E-state index is 0.190. The predicted molar refractivity (Wildman–Crippen MR) is 84.9 cm³/mol. The number of aromatic nitrogens is 3. The van der Waals surface area contributed by atoms with Crippen LogP contribution in [0.25, 0.3) is 16.4 Å². The smallest absolute Gasteiger partial charge is 0.224 e. The number of nitrogens with zero attached hydrogens (tertiary/aromatic N) is 3. The molecule has 0 radical (unpaired) electrons. The Hall–Kier alpha value is -1.99. The average Bonchev–Trinajstić information content (AvgIpc) is 3.10. The molecule has 3 heterocycles. The van der Waals surface area contributed by atoms with E-state index in [1.54, 1.807) is 17.5 Å². The Morgan fingerprint density at radius 1 is 1.38 bits per heavy atom. The van der Waals surface area contributed by atoms with Crippen molar-refractivity contribution in [2.75, 3.05) is 0 Å². The van der Waals surface area contributed by atoms with Gasteiger partial charge in [0.2, 0.25) is 5.91 Å². The molecule has 0 spiro atoms. The highest BCUT2D eigenvalue weighted by Crippen LogP contribution is 2.30. The molecule has 7 heteroatoms. The predicted octanol–water partition coefficient (Wildman–Crippen LogP) is 2.70. The summed E-state index contributed by atoms with van der Waals surface area (Å²) in [6, 6.07) is 2.10. The molecule has 5 nitrogen and oxygen atoms in total. The second kappa shape index (κ2) is 5.42. The molecule has 0 unspecified atom stereocenters. The summed E-state index contributed by atoms with van der Waals surface area (Å²) in [6.07, 6.45) is 1.99. The molecule has 2 N–H and O–H groups in total. The van der Waals surface area contributed by atoms with Gasteiger partial charge in [0.25, 0.3) is 0 Å². The SMILES string of the molecule is Cc1cc(-c2csc(CC(N)=O)n2)c(C)n1-c1nccs1. The van der Waals surface area contributed by atoms with Crippen molar-refractivity contribution in [3.63, 3.8) is 0 Å². The van der Waals surface area contributed by atoms with Crippen LogP contribution in [-0.2, 0) is 11.2 Å². The van der Waals surface area contributed by atoms with Crippen LogP contribution in [0.2, 0.25) is 0 Å². The fourth-order valence-corrected chi connectivity index (χ4v) is 3.86. The molecule has 0 bridgehead atoms. The van der Waals surface area contributed by atoms with Crippen LogP contribution >= 0.6 is 22.7 Å². The lowest BCUT2D eigenvalue weighted by Crippen LogP contribution is -2.13. The van der Waals surface area contributed by atoms with Crippen molar-refractivity contribution in [1.82, 2.24) is 14.5 Å². The molecule has 0 aliphatic rings. The first-order chi connectivity index (χ1) is 10.1. The molecule has 0 aliphatic heterocycles. The number of rotatable bonds is 4. The summed E-state index contributed by atoms with van der Waals surface area (Å²) in [7, 11) is 0. The molecule has 0 saturated carbocycles. The third-order valence-corrected chi connectivity index (χ3v) is 4.80. The van der Waals surface area contributed by atoms with Crippen LogP contribution in [0, 0.1) is 13.8 Å². The molecular formula is C14H14N4OS2. The van der Waals surface area contributed by atoms with E-state index in [0.29, 0.717) is 0 Å². The highest BCUT2D eigenvalue weighted by Gasteiger charge is 2.16. The van der Waals surface area contributed by atoms with Crippen molar-refractivity contribution in [3.05, 3.63) is 39.4 Å². The number of amides is 1. The second-order valence-electron chi connectivity index (χ2n) is 4.70. The van der Waals surface area contributed by atoms with Crippen molar-refractivity contribution < 1.29 is 4.79 Å². The summed E-state index contributed by atoms with van der Waals surface area (Å²) in [5.74, 6) is -0.357. The maximum Gasteiger partial charge on any atom is 0.224 e. The molecule has 3 aromatic rings. The van der Waals surface area contributed by atoms with Crippen LogP contribution in [0.1, 0.15) is 16.4 Å². The quantitative estimate of drug-likeness (QED) is 0.803. The van der Waals surface area contributed by atoms with E-state index in [1.807, 2.05) is 10.8 Å². The molecule has 3 aromatic heterocycles. The topological polar surface area (TPSA) is 73.8 Å². The molecule has 108 valence electrons. The fraction of sp³-hybridized carbons (Fsp3) is 0.214. The maximum atomic E-state index is 11.0. The van der Waals surface area contributed by atoms with E-state index < -0.39 is 0 Å². The van der Waals surface area contributed by atoms with Crippen LogP contribution in [0.5, 0.6) is 0 Å². The number of hydrogen-bond donors (Lipinski definition) is 1. The lowest BCUT2D eigenvalue weighted by Gasteiger charge is -2.04. The van der Waals surface area contributed by atoms with Crippen molar-refractivity contribution in [1.29, 1.82) is 0 Å². The summed E-state index contributed by atoms with van der Waals surface area (Å²) < 4.78 is 2.12. The number of thiazole rings is 2. The van der Waals surface area contributed by atoms with Gasteiger partial charge in [0.15, 0.2) is 5.13 Å². The van der Waals surface area contributed by atoms with Crippen molar-refractivity contribution >= 4 is 28.6 Å². The molecule has 0 aliphatic carbocycles. The van der Waals surface area contributed by atoms with Gasteiger partial charge in [-0.1, -0.05) is 0 Å². The molecular weight excluding hydrogens is 304 g/mol. The molecule has 0 fully saturated rings. The number of hydrogen-bond acceptors (Lipinski definition) is 5. The zero-order chi connectivity index (χ0) is 15.0. The minimum atomic E-state index is -0.357. The summed E-state index contributed by atoms with van der Waals surface area (Å²) in [4.78, 5) is 19.8. The lowest BCUT2D eigenvalue weighted by atomic mass is 10.2. The third-order valence-electron chi connectivity index (χ3n) is 3.19. The molecule has 1 amide bonds. The number of primary amides is 1. The van der Waals surface area contributed by atoms with Crippen LogP contribution in [0.15, 0.2) is 23.0 Å². The van der Waals surface area contributed by atoms with Gasteiger partial charge in [0, 0.05) is 33.9 Å². The molecule has 0 aromatic carbocycles. The zero-order valence-electron chi connectivity index (χ0n) is 11.7. The Balaban J connectivity index is 2.02. The molecule has 0 atom stereocenters. The maximum absolute atomic E-state index is 11.0. The van der Waals surface area contributed by atoms with Gasteiger partial charge in [0.1, 0.15) is 5.01 Å². The molecule has 0 saturated heterocycles. The number of carbonyl (C=O) groups is 1. The molecule has 21 heavy (non-hydrogen) atoms. The standard InChI is InChI=1S/C14H14N4OS2/c1-8-5-10(9(2)18(8)14-16-3-4-20-14)11-7-21-13(17-11)6-12(15)19/h3-5,7H,6H2,1-2H3,(H2,15,19). The van der Waals surface area contributed by atoms with Crippen molar-refractivity contribution in [2.45, 2.75) is 20.3 Å². The van der Waals surface area contributed by atoms with Crippen LogP contribution in [0.3, 0.4) is 0 Å².